The van der Waals surface area contributed by atoms with Crippen LogP contribution in [0.15, 0.2) is 52.4 Å². The lowest BCUT2D eigenvalue weighted by atomic mass is 10.2. The number of halogens is 1. The molecule has 1 aliphatic heterocycles. The highest BCUT2D eigenvalue weighted by atomic mass is 79.9. The van der Waals surface area contributed by atoms with E-state index in [0.29, 0.717) is 15.8 Å². The molecule has 3 nitrogen and oxygen atoms in total. The van der Waals surface area contributed by atoms with Crippen molar-refractivity contribution in [2.24, 2.45) is 0 Å². The molecule has 0 bridgehead atoms. The molecule has 1 saturated heterocycles. The minimum atomic E-state index is -0.0525. The van der Waals surface area contributed by atoms with E-state index in [1.54, 1.807) is 11.0 Å². The number of aryl methyl sites for hydroxylation is 1. The summed E-state index contributed by atoms with van der Waals surface area (Å²) >= 11 is 10.1. The molecule has 1 fully saturated rings. The van der Waals surface area contributed by atoms with Crippen molar-refractivity contribution in [3.63, 3.8) is 0 Å². The molecule has 0 N–H and O–H groups in total. The Morgan fingerprint density at radius 2 is 1.96 bits per heavy atom. The van der Waals surface area contributed by atoms with E-state index < -0.39 is 0 Å². The van der Waals surface area contributed by atoms with E-state index in [2.05, 4.69) is 59.1 Å². The molecule has 2 aromatic rings. The topological polar surface area (TPSA) is 25.2 Å². The fourth-order valence-electron chi connectivity index (χ4n) is 2.85. The number of nitrogens with zero attached hydrogens (tertiary/aromatic N) is 2. The average molecular weight is 433 g/mol. The summed E-state index contributed by atoms with van der Waals surface area (Å²) in [5.41, 5.74) is 4.33. The highest BCUT2D eigenvalue weighted by Gasteiger charge is 2.31. The number of amides is 1. The van der Waals surface area contributed by atoms with E-state index in [1.807, 2.05) is 18.2 Å². The Morgan fingerprint density at radius 3 is 2.60 bits per heavy atom. The summed E-state index contributed by atoms with van der Waals surface area (Å²) in [4.78, 5) is 14.7. The van der Waals surface area contributed by atoms with Crippen LogP contribution in [0.3, 0.4) is 0 Å². The van der Waals surface area contributed by atoms with Gasteiger partial charge in [0.15, 0.2) is 0 Å². The molecule has 0 saturated carbocycles. The third kappa shape index (κ3) is 3.52. The Balaban J connectivity index is 1.99. The zero-order chi connectivity index (χ0) is 18.1. The standard InChI is InChI=1S/C19H17BrN2OS2/c1-4-9-21-18(23)17(25-19(21)24)11-14-10-12(2)22(13(14)3)16-7-5-15(20)6-8-16/h4-8,10-11H,1,9H2,2-3H3/b17-11+. The third-order valence-corrected chi connectivity index (χ3v) is 5.93. The van der Waals surface area contributed by atoms with Crippen molar-refractivity contribution < 1.29 is 4.79 Å². The van der Waals surface area contributed by atoms with Gasteiger partial charge in [0.05, 0.1) is 4.91 Å². The first-order chi connectivity index (χ1) is 11.9. The number of carbonyl (C=O) groups excluding carboxylic acids is 1. The summed E-state index contributed by atoms with van der Waals surface area (Å²) in [5, 5.41) is 0. The van der Waals surface area contributed by atoms with Gasteiger partial charge in [0.2, 0.25) is 0 Å². The summed E-state index contributed by atoms with van der Waals surface area (Å²) in [6.45, 7) is 8.25. The van der Waals surface area contributed by atoms with Crippen LogP contribution in [-0.4, -0.2) is 26.2 Å². The Labute approximate surface area is 165 Å². The van der Waals surface area contributed by atoms with Crippen LogP contribution in [-0.2, 0) is 4.79 Å². The lowest BCUT2D eigenvalue weighted by Gasteiger charge is -2.10. The molecule has 0 radical (unpaired) electrons. The zero-order valence-corrected chi connectivity index (χ0v) is 17.2. The van der Waals surface area contributed by atoms with Gasteiger partial charge in [-0.25, -0.2) is 0 Å². The lowest BCUT2D eigenvalue weighted by Crippen LogP contribution is -2.27. The van der Waals surface area contributed by atoms with Crippen LogP contribution in [0.5, 0.6) is 0 Å². The molecule has 1 amide bonds. The average Bonchev–Trinajstić information content (AvgIpc) is 3.00. The quantitative estimate of drug-likeness (QED) is 0.375. The van der Waals surface area contributed by atoms with Crippen molar-refractivity contribution in [1.29, 1.82) is 0 Å². The summed E-state index contributed by atoms with van der Waals surface area (Å²) in [5.74, 6) is -0.0525. The normalized spacial score (nSPS) is 16.1. The lowest BCUT2D eigenvalue weighted by molar-refractivity contribution is -0.121. The Hall–Kier alpha value is -1.63. The van der Waals surface area contributed by atoms with Crippen LogP contribution in [0.4, 0.5) is 0 Å². The fraction of sp³-hybridized carbons (Fsp3) is 0.158. The molecule has 2 heterocycles. The number of thioether (sulfide) groups is 1. The summed E-state index contributed by atoms with van der Waals surface area (Å²) in [6, 6.07) is 10.3. The second kappa shape index (κ2) is 7.32. The van der Waals surface area contributed by atoms with Crippen molar-refractivity contribution in [2.45, 2.75) is 13.8 Å². The Morgan fingerprint density at radius 1 is 1.28 bits per heavy atom. The number of benzene rings is 1. The number of hydrogen-bond donors (Lipinski definition) is 0. The van der Waals surface area contributed by atoms with Crippen molar-refractivity contribution in [1.82, 2.24) is 9.47 Å². The van der Waals surface area contributed by atoms with Crippen LogP contribution >= 0.6 is 39.9 Å². The molecule has 0 spiro atoms. The molecular weight excluding hydrogens is 416 g/mol. The van der Waals surface area contributed by atoms with Crippen molar-refractivity contribution >= 4 is 56.2 Å². The van der Waals surface area contributed by atoms with Gasteiger partial charge in [-0.2, -0.15) is 0 Å². The van der Waals surface area contributed by atoms with Crippen LogP contribution in [0.25, 0.3) is 11.8 Å². The van der Waals surface area contributed by atoms with Crippen LogP contribution < -0.4 is 0 Å². The molecule has 0 unspecified atom stereocenters. The van der Waals surface area contributed by atoms with Gasteiger partial charge in [0.25, 0.3) is 5.91 Å². The maximum absolute atomic E-state index is 12.5. The van der Waals surface area contributed by atoms with Gasteiger partial charge >= 0.3 is 0 Å². The summed E-state index contributed by atoms with van der Waals surface area (Å²) < 4.78 is 3.81. The second-order valence-corrected chi connectivity index (χ2v) is 8.31. The summed E-state index contributed by atoms with van der Waals surface area (Å²) in [6.07, 6.45) is 3.62. The van der Waals surface area contributed by atoms with E-state index in [9.17, 15) is 4.79 Å². The van der Waals surface area contributed by atoms with E-state index >= 15 is 0 Å². The van der Waals surface area contributed by atoms with E-state index in [0.717, 1.165) is 27.1 Å². The molecule has 128 valence electrons. The predicted octanol–water partition coefficient (Wildman–Crippen LogP) is 5.24. The zero-order valence-electron chi connectivity index (χ0n) is 14.0. The van der Waals surface area contributed by atoms with Gasteiger partial charge in [-0.15, -0.1) is 6.58 Å². The first kappa shape index (κ1) is 18.2. The number of aromatic nitrogens is 1. The van der Waals surface area contributed by atoms with Gasteiger partial charge in [0.1, 0.15) is 4.32 Å². The Bertz CT molecular complexity index is 897. The van der Waals surface area contributed by atoms with Gasteiger partial charge < -0.3 is 4.57 Å². The van der Waals surface area contributed by atoms with Gasteiger partial charge in [0, 0.05) is 28.1 Å². The number of carbonyl (C=O) groups is 1. The van der Waals surface area contributed by atoms with Crippen molar-refractivity contribution in [3.05, 3.63) is 69.3 Å². The maximum Gasteiger partial charge on any atom is 0.266 e. The first-order valence-electron chi connectivity index (χ1n) is 7.73. The molecule has 0 aliphatic carbocycles. The molecule has 0 atom stereocenters. The second-order valence-electron chi connectivity index (χ2n) is 5.72. The smallest absolute Gasteiger partial charge is 0.266 e. The number of thiocarbonyl (C=S) groups is 1. The van der Waals surface area contributed by atoms with Crippen LogP contribution in [0, 0.1) is 13.8 Å². The molecule has 1 aliphatic rings. The largest absolute Gasteiger partial charge is 0.318 e. The number of hydrogen-bond acceptors (Lipinski definition) is 3. The molecule has 1 aromatic carbocycles. The minimum Gasteiger partial charge on any atom is -0.318 e. The van der Waals surface area contributed by atoms with E-state index in [-0.39, 0.29) is 5.91 Å². The van der Waals surface area contributed by atoms with Gasteiger partial charge in [-0.3, -0.25) is 9.69 Å². The Kier molecular flexibility index (Phi) is 5.32. The fourth-order valence-corrected chi connectivity index (χ4v) is 4.38. The molecule has 3 rings (SSSR count). The minimum absolute atomic E-state index is 0.0525. The predicted molar refractivity (Wildman–Crippen MR) is 113 cm³/mol. The van der Waals surface area contributed by atoms with Crippen LogP contribution in [0.2, 0.25) is 0 Å². The summed E-state index contributed by atoms with van der Waals surface area (Å²) in [7, 11) is 0. The first-order valence-corrected chi connectivity index (χ1v) is 9.75. The monoisotopic (exact) mass is 432 g/mol. The van der Waals surface area contributed by atoms with Crippen molar-refractivity contribution in [3.8, 4) is 5.69 Å². The van der Waals surface area contributed by atoms with Gasteiger partial charge in [-0.05, 0) is 55.8 Å². The molecule has 1 aromatic heterocycles. The third-order valence-electron chi connectivity index (χ3n) is 4.03. The molecule has 25 heavy (non-hydrogen) atoms. The number of rotatable bonds is 4. The van der Waals surface area contributed by atoms with E-state index in [1.165, 1.54) is 11.8 Å². The van der Waals surface area contributed by atoms with E-state index in [4.69, 9.17) is 12.2 Å². The molecule has 6 heteroatoms. The maximum atomic E-state index is 12.5. The molecular formula is C19H17BrN2OS2. The van der Waals surface area contributed by atoms with Crippen molar-refractivity contribution in [2.75, 3.05) is 6.54 Å². The SMILES string of the molecule is C=CCN1C(=O)/C(=C\c2cc(C)n(-c3ccc(Br)cc3)c2C)SC1=S. The van der Waals surface area contributed by atoms with Crippen LogP contribution in [0.1, 0.15) is 17.0 Å². The highest BCUT2D eigenvalue weighted by Crippen LogP contribution is 2.34. The highest BCUT2D eigenvalue weighted by molar-refractivity contribution is 9.10. The van der Waals surface area contributed by atoms with Gasteiger partial charge in [-0.1, -0.05) is 46.0 Å².